The van der Waals surface area contributed by atoms with Crippen LogP contribution in [0.4, 0.5) is 0 Å². The molecule has 3 N–H and O–H groups in total. The van der Waals surface area contributed by atoms with Gasteiger partial charge in [-0.25, -0.2) is 4.79 Å². The van der Waals surface area contributed by atoms with Crippen LogP contribution in [-0.4, -0.2) is 33.4 Å². The molecule has 0 amide bonds. The molecule has 0 aliphatic rings. The molecule has 1 aromatic carbocycles. The molecule has 1 aromatic rings. The highest BCUT2D eigenvalue weighted by molar-refractivity contribution is 5.76. The highest BCUT2D eigenvalue weighted by atomic mass is 16.6. The van der Waals surface area contributed by atoms with Crippen molar-refractivity contribution in [3.05, 3.63) is 23.8 Å². The smallest absolute Gasteiger partial charge is 0.345 e. The molecule has 0 heterocycles. The zero-order valence-corrected chi connectivity index (χ0v) is 10.5. The topological polar surface area (TPSA) is 104 Å². The molecule has 6 heteroatoms. The summed E-state index contributed by atoms with van der Waals surface area (Å²) in [5, 5.41) is 27.3. The number of ether oxygens (including phenoxy) is 1. The van der Waals surface area contributed by atoms with Crippen LogP contribution in [-0.2, 0) is 20.7 Å². The highest BCUT2D eigenvalue weighted by Crippen LogP contribution is 2.25. The van der Waals surface area contributed by atoms with Crippen LogP contribution in [0.1, 0.15) is 25.3 Å². The van der Waals surface area contributed by atoms with Crippen LogP contribution in [0.25, 0.3) is 0 Å². The molecule has 19 heavy (non-hydrogen) atoms. The van der Waals surface area contributed by atoms with Crippen molar-refractivity contribution in [3.63, 3.8) is 0 Å². The predicted octanol–water partition coefficient (Wildman–Crippen LogP) is 1.44. The first-order chi connectivity index (χ1) is 8.90. The van der Waals surface area contributed by atoms with Gasteiger partial charge in [0, 0.05) is 6.92 Å². The van der Waals surface area contributed by atoms with Crippen LogP contribution >= 0.6 is 0 Å². The Morgan fingerprint density at radius 2 is 1.95 bits per heavy atom. The molecule has 104 valence electrons. The number of hydrogen-bond donors (Lipinski definition) is 3. The third-order valence-electron chi connectivity index (χ3n) is 2.56. The lowest BCUT2D eigenvalue weighted by Gasteiger charge is -2.12. The summed E-state index contributed by atoms with van der Waals surface area (Å²) in [6.07, 6.45) is 0.0346. The van der Waals surface area contributed by atoms with Gasteiger partial charge in [0.25, 0.3) is 0 Å². The van der Waals surface area contributed by atoms with Gasteiger partial charge in [0.15, 0.2) is 17.6 Å². The van der Waals surface area contributed by atoms with E-state index in [0.29, 0.717) is 12.8 Å². The summed E-state index contributed by atoms with van der Waals surface area (Å²) in [6, 6.07) is 4.42. The Bertz CT molecular complexity index is 468. The lowest BCUT2D eigenvalue weighted by molar-refractivity contribution is -0.162. The third kappa shape index (κ3) is 4.87. The predicted molar refractivity (Wildman–Crippen MR) is 65.9 cm³/mol. The maximum Gasteiger partial charge on any atom is 0.345 e. The Morgan fingerprint density at radius 1 is 1.26 bits per heavy atom. The van der Waals surface area contributed by atoms with Crippen molar-refractivity contribution in [2.45, 2.75) is 32.3 Å². The van der Waals surface area contributed by atoms with Crippen molar-refractivity contribution in [1.82, 2.24) is 0 Å². The number of hydrogen-bond acceptors (Lipinski definition) is 5. The molecule has 0 aliphatic carbocycles. The summed E-state index contributed by atoms with van der Waals surface area (Å²) in [6.45, 7) is 1.16. The van der Waals surface area contributed by atoms with Gasteiger partial charge in [0.05, 0.1) is 0 Å². The lowest BCUT2D eigenvalue weighted by atomic mass is 10.1. The van der Waals surface area contributed by atoms with Gasteiger partial charge in [-0.1, -0.05) is 6.07 Å². The zero-order valence-electron chi connectivity index (χ0n) is 10.5. The maximum absolute atomic E-state index is 10.8. The van der Waals surface area contributed by atoms with Crippen LogP contribution in [0.2, 0.25) is 0 Å². The Balaban J connectivity index is 2.49. The number of carbonyl (C=O) groups is 2. The second-order valence-electron chi connectivity index (χ2n) is 4.15. The minimum atomic E-state index is -1.18. The van der Waals surface area contributed by atoms with Crippen molar-refractivity contribution < 1.29 is 29.6 Å². The summed E-state index contributed by atoms with van der Waals surface area (Å²) in [7, 11) is 0. The average Bonchev–Trinajstić information content (AvgIpc) is 2.31. The second kappa shape index (κ2) is 6.63. The molecule has 0 radical (unpaired) electrons. The molecule has 0 aromatic heterocycles. The number of phenols is 2. The number of aliphatic carboxylic acids is 1. The van der Waals surface area contributed by atoms with Crippen LogP contribution in [0.3, 0.4) is 0 Å². The molecule has 0 fully saturated rings. The highest BCUT2D eigenvalue weighted by Gasteiger charge is 2.19. The SMILES string of the molecule is CC(=O)O[C@H](CCCc1ccc(O)c(O)c1)C(=O)O. The average molecular weight is 268 g/mol. The minimum Gasteiger partial charge on any atom is -0.504 e. The quantitative estimate of drug-likeness (QED) is 0.532. The normalized spacial score (nSPS) is 11.8. The van der Waals surface area contributed by atoms with Crippen molar-refractivity contribution in [1.29, 1.82) is 0 Å². The number of aromatic hydroxyl groups is 2. The van der Waals surface area contributed by atoms with Gasteiger partial charge in [-0.05, 0) is 37.0 Å². The van der Waals surface area contributed by atoms with E-state index in [1.54, 1.807) is 6.07 Å². The fraction of sp³-hybridized carbons (Fsp3) is 0.385. The number of aryl methyl sites for hydroxylation is 1. The number of carbonyl (C=O) groups excluding carboxylic acids is 1. The summed E-state index contributed by atoms with van der Waals surface area (Å²) in [5.41, 5.74) is 0.766. The number of phenolic OH excluding ortho intramolecular Hbond substituents is 2. The first-order valence-electron chi connectivity index (χ1n) is 5.81. The van der Waals surface area contributed by atoms with Gasteiger partial charge in [-0.15, -0.1) is 0 Å². The fourth-order valence-corrected chi connectivity index (χ4v) is 1.65. The zero-order chi connectivity index (χ0) is 14.4. The van der Waals surface area contributed by atoms with E-state index in [1.165, 1.54) is 12.1 Å². The minimum absolute atomic E-state index is 0.191. The Kier molecular flexibility index (Phi) is 5.17. The molecule has 1 rings (SSSR count). The Morgan fingerprint density at radius 3 is 2.47 bits per heavy atom. The second-order valence-corrected chi connectivity index (χ2v) is 4.15. The monoisotopic (exact) mass is 268 g/mol. The van der Waals surface area contributed by atoms with E-state index < -0.39 is 18.0 Å². The van der Waals surface area contributed by atoms with Gasteiger partial charge in [0.2, 0.25) is 0 Å². The maximum atomic E-state index is 10.8. The first-order valence-corrected chi connectivity index (χ1v) is 5.81. The summed E-state index contributed by atoms with van der Waals surface area (Å²) in [4.78, 5) is 21.6. The molecule has 1 atom stereocenters. The van der Waals surface area contributed by atoms with E-state index in [0.717, 1.165) is 12.5 Å². The number of carboxylic acids is 1. The summed E-state index contributed by atoms with van der Waals surface area (Å²) >= 11 is 0. The number of esters is 1. The van der Waals surface area contributed by atoms with Gasteiger partial charge >= 0.3 is 11.9 Å². The summed E-state index contributed by atoms with van der Waals surface area (Å²) < 4.78 is 4.66. The van der Waals surface area contributed by atoms with Crippen LogP contribution in [0, 0.1) is 0 Å². The van der Waals surface area contributed by atoms with E-state index in [4.69, 9.17) is 10.2 Å². The fourth-order valence-electron chi connectivity index (χ4n) is 1.65. The molecule has 0 spiro atoms. The molecule has 0 saturated heterocycles. The van der Waals surface area contributed by atoms with E-state index in [9.17, 15) is 14.7 Å². The van der Waals surface area contributed by atoms with E-state index in [-0.39, 0.29) is 17.9 Å². The van der Waals surface area contributed by atoms with Crippen molar-refractivity contribution >= 4 is 11.9 Å². The van der Waals surface area contributed by atoms with Crippen molar-refractivity contribution in [2.24, 2.45) is 0 Å². The Labute approximate surface area is 110 Å². The molecule has 0 bridgehead atoms. The standard InChI is InChI=1S/C13H16O6/c1-8(14)19-12(13(17)18)4-2-3-9-5-6-10(15)11(16)7-9/h5-7,12,15-16H,2-4H2,1H3,(H,17,18)/t12-/m1/s1. The van der Waals surface area contributed by atoms with E-state index >= 15 is 0 Å². The number of rotatable bonds is 6. The molecular weight excluding hydrogens is 252 g/mol. The molecular formula is C13H16O6. The summed E-state index contributed by atoms with van der Waals surface area (Å²) in [5.74, 6) is -2.22. The van der Waals surface area contributed by atoms with E-state index in [2.05, 4.69) is 4.74 Å². The number of carboxylic acid groups (broad SMARTS) is 1. The first kappa shape index (κ1) is 14.8. The van der Waals surface area contributed by atoms with Crippen LogP contribution in [0.15, 0.2) is 18.2 Å². The van der Waals surface area contributed by atoms with Crippen molar-refractivity contribution in [3.8, 4) is 11.5 Å². The molecule has 0 unspecified atom stereocenters. The van der Waals surface area contributed by atoms with Gasteiger partial charge in [-0.3, -0.25) is 4.79 Å². The van der Waals surface area contributed by atoms with E-state index in [1.807, 2.05) is 0 Å². The molecule has 0 aliphatic heterocycles. The van der Waals surface area contributed by atoms with Crippen molar-refractivity contribution in [2.75, 3.05) is 0 Å². The Hall–Kier alpha value is -2.24. The largest absolute Gasteiger partial charge is 0.504 e. The van der Waals surface area contributed by atoms with Gasteiger partial charge in [-0.2, -0.15) is 0 Å². The van der Waals surface area contributed by atoms with Crippen LogP contribution in [0.5, 0.6) is 11.5 Å². The van der Waals surface area contributed by atoms with Gasteiger partial charge in [0.1, 0.15) is 0 Å². The van der Waals surface area contributed by atoms with Gasteiger partial charge < -0.3 is 20.1 Å². The third-order valence-corrected chi connectivity index (χ3v) is 2.56. The lowest BCUT2D eigenvalue weighted by Crippen LogP contribution is -2.26. The van der Waals surface area contributed by atoms with Crippen LogP contribution < -0.4 is 0 Å². The molecule has 0 saturated carbocycles. The number of benzene rings is 1. The molecule has 6 nitrogen and oxygen atoms in total.